The van der Waals surface area contributed by atoms with Gasteiger partial charge in [-0.05, 0) is 36.0 Å². The lowest BCUT2D eigenvalue weighted by Crippen LogP contribution is -2.07. The zero-order valence-electron chi connectivity index (χ0n) is 9.19. The average molecular weight is 230 g/mol. The molecule has 0 saturated heterocycles. The molecule has 0 N–H and O–H groups in total. The lowest BCUT2D eigenvalue weighted by Gasteiger charge is -2.17. The van der Waals surface area contributed by atoms with Crippen LogP contribution < -0.4 is 0 Å². The summed E-state index contributed by atoms with van der Waals surface area (Å²) < 4.78 is 42.1. The minimum absolute atomic E-state index is 0.0138. The summed E-state index contributed by atoms with van der Waals surface area (Å²) >= 11 is 0. The molecule has 1 aromatic rings. The summed E-state index contributed by atoms with van der Waals surface area (Å²) in [5, 5.41) is 0. The van der Waals surface area contributed by atoms with Crippen LogP contribution in [0.4, 0.5) is 13.2 Å². The Labute approximate surface area is 91.9 Å². The van der Waals surface area contributed by atoms with Gasteiger partial charge >= 0.3 is 6.18 Å². The first-order chi connectivity index (χ1) is 7.28. The molecular weight excluding hydrogens is 217 g/mol. The van der Waals surface area contributed by atoms with Crippen molar-refractivity contribution in [3.63, 3.8) is 0 Å². The fraction of sp³-hybridized carbons (Fsp3) is 0.500. The van der Waals surface area contributed by atoms with E-state index in [2.05, 4.69) is 13.8 Å². The van der Waals surface area contributed by atoms with Gasteiger partial charge in [-0.3, -0.25) is 0 Å². The normalized spacial score (nSPS) is 19.3. The maximum Gasteiger partial charge on any atom is 0.449 e. The quantitative estimate of drug-likeness (QED) is 0.648. The van der Waals surface area contributed by atoms with Gasteiger partial charge in [-0.15, -0.1) is 0 Å². The molecule has 0 spiro atoms. The first kappa shape index (κ1) is 11.3. The monoisotopic (exact) mass is 230 g/mol. The summed E-state index contributed by atoms with van der Waals surface area (Å²) in [4.78, 5) is 0. The molecule has 0 amide bonds. The van der Waals surface area contributed by atoms with E-state index >= 15 is 0 Å². The average Bonchev–Trinajstić information content (AvgIpc) is 2.49. The van der Waals surface area contributed by atoms with Crippen LogP contribution in [0.15, 0.2) is 16.6 Å². The fourth-order valence-electron chi connectivity index (χ4n) is 1.76. The van der Waals surface area contributed by atoms with Crippen LogP contribution in [-0.2, 0) is 12.6 Å². The molecule has 16 heavy (non-hydrogen) atoms. The Morgan fingerprint density at radius 3 is 2.62 bits per heavy atom. The third kappa shape index (κ3) is 2.15. The summed E-state index contributed by atoms with van der Waals surface area (Å²) in [5.41, 5.74) is 0.661. The Hall–Kier alpha value is -1.19. The minimum Gasteiger partial charge on any atom is -0.452 e. The molecule has 1 heterocycles. The molecule has 2 rings (SSSR count). The van der Waals surface area contributed by atoms with E-state index in [1.807, 2.05) is 6.08 Å². The van der Waals surface area contributed by atoms with E-state index in [-0.39, 0.29) is 5.41 Å². The molecule has 0 radical (unpaired) electrons. The van der Waals surface area contributed by atoms with Crippen LogP contribution in [0.1, 0.15) is 37.4 Å². The maximum absolute atomic E-state index is 12.4. The summed E-state index contributed by atoms with van der Waals surface area (Å²) in [6, 6.07) is 1.11. The molecule has 88 valence electrons. The maximum atomic E-state index is 12.4. The Morgan fingerprint density at radius 2 is 2.00 bits per heavy atom. The van der Waals surface area contributed by atoms with Crippen LogP contribution in [-0.4, -0.2) is 0 Å². The Kier molecular flexibility index (Phi) is 2.40. The van der Waals surface area contributed by atoms with Crippen LogP contribution in [0, 0.1) is 5.41 Å². The summed E-state index contributed by atoms with van der Waals surface area (Å²) in [5.74, 6) is -0.556. The number of halogens is 3. The van der Waals surface area contributed by atoms with Gasteiger partial charge in [-0.1, -0.05) is 19.9 Å². The van der Waals surface area contributed by atoms with Gasteiger partial charge in [0.2, 0.25) is 5.76 Å². The number of allylic oxidation sites excluding steroid dienone is 1. The summed E-state index contributed by atoms with van der Waals surface area (Å²) in [6.07, 6.45) is 0.609. The second-order valence-electron chi connectivity index (χ2n) is 4.82. The molecule has 0 aromatic carbocycles. The van der Waals surface area contributed by atoms with Crippen LogP contribution >= 0.6 is 0 Å². The first-order valence-corrected chi connectivity index (χ1v) is 5.17. The van der Waals surface area contributed by atoms with Crippen molar-refractivity contribution >= 4 is 6.08 Å². The van der Waals surface area contributed by atoms with Crippen molar-refractivity contribution < 1.29 is 17.6 Å². The summed E-state index contributed by atoms with van der Waals surface area (Å²) in [6.45, 7) is 4.11. The van der Waals surface area contributed by atoms with Crippen molar-refractivity contribution in [1.82, 2.24) is 0 Å². The van der Waals surface area contributed by atoms with Gasteiger partial charge in [0, 0.05) is 0 Å². The zero-order chi connectivity index (χ0) is 12.0. The van der Waals surface area contributed by atoms with Gasteiger partial charge in [0.15, 0.2) is 0 Å². The number of furan rings is 1. The number of hydrogen-bond donors (Lipinski definition) is 0. The van der Waals surface area contributed by atoms with E-state index < -0.39 is 11.9 Å². The molecule has 0 aliphatic heterocycles. The lowest BCUT2D eigenvalue weighted by atomic mass is 9.88. The third-order valence-electron chi connectivity index (χ3n) is 2.85. The highest BCUT2D eigenvalue weighted by molar-refractivity contribution is 5.51. The molecule has 1 aliphatic rings. The van der Waals surface area contributed by atoms with E-state index in [4.69, 9.17) is 4.42 Å². The van der Waals surface area contributed by atoms with E-state index in [0.29, 0.717) is 17.7 Å². The van der Waals surface area contributed by atoms with Gasteiger partial charge in [-0.25, -0.2) is 0 Å². The second-order valence-corrected chi connectivity index (χ2v) is 4.82. The largest absolute Gasteiger partial charge is 0.452 e. The molecule has 0 fully saturated rings. The molecule has 1 nitrogen and oxygen atoms in total. The number of fused-ring (bicyclic) bond motifs is 1. The minimum atomic E-state index is -4.39. The summed E-state index contributed by atoms with van der Waals surface area (Å²) in [7, 11) is 0. The van der Waals surface area contributed by atoms with Crippen LogP contribution in [0.25, 0.3) is 6.08 Å². The van der Waals surface area contributed by atoms with Crippen molar-refractivity contribution in [3.05, 3.63) is 29.2 Å². The van der Waals surface area contributed by atoms with E-state index in [0.717, 1.165) is 12.5 Å². The van der Waals surface area contributed by atoms with Crippen LogP contribution in [0.2, 0.25) is 0 Å². The highest BCUT2D eigenvalue weighted by Gasteiger charge is 2.36. The SMILES string of the molecule is CC1(C)C=Cc2oc(C(F)(F)F)cc2CC1. The Balaban J connectivity index is 2.37. The van der Waals surface area contributed by atoms with E-state index in [1.165, 1.54) is 0 Å². The molecule has 0 saturated carbocycles. The lowest BCUT2D eigenvalue weighted by molar-refractivity contribution is -0.153. The van der Waals surface area contributed by atoms with Crippen LogP contribution in [0.5, 0.6) is 0 Å². The van der Waals surface area contributed by atoms with Gasteiger partial charge in [0.1, 0.15) is 5.76 Å². The van der Waals surface area contributed by atoms with Gasteiger partial charge in [0.25, 0.3) is 0 Å². The zero-order valence-corrected chi connectivity index (χ0v) is 9.19. The third-order valence-corrected chi connectivity index (χ3v) is 2.85. The van der Waals surface area contributed by atoms with E-state index in [1.54, 1.807) is 6.08 Å². The highest BCUT2D eigenvalue weighted by atomic mass is 19.4. The molecule has 0 atom stereocenters. The van der Waals surface area contributed by atoms with Crippen LogP contribution in [0.3, 0.4) is 0 Å². The number of hydrogen-bond acceptors (Lipinski definition) is 1. The molecule has 0 bridgehead atoms. The van der Waals surface area contributed by atoms with Crippen molar-refractivity contribution in [2.75, 3.05) is 0 Å². The first-order valence-electron chi connectivity index (χ1n) is 5.17. The molecule has 1 aromatic heterocycles. The Bertz CT molecular complexity index is 424. The topological polar surface area (TPSA) is 13.1 Å². The van der Waals surface area contributed by atoms with Gasteiger partial charge < -0.3 is 4.42 Å². The number of rotatable bonds is 0. The smallest absolute Gasteiger partial charge is 0.449 e. The molecule has 1 aliphatic carbocycles. The van der Waals surface area contributed by atoms with Crippen molar-refractivity contribution in [2.45, 2.75) is 32.9 Å². The standard InChI is InChI=1S/C12H13F3O/c1-11(2)5-3-8-7-10(12(13,14)15)16-9(8)4-6-11/h4,6-7H,3,5H2,1-2H3. The predicted molar refractivity (Wildman–Crippen MR) is 54.8 cm³/mol. The van der Waals surface area contributed by atoms with Gasteiger partial charge in [-0.2, -0.15) is 13.2 Å². The molecular formula is C12H13F3O. The highest BCUT2D eigenvalue weighted by Crippen LogP contribution is 2.37. The fourth-order valence-corrected chi connectivity index (χ4v) is 1.76. The number of alkyl halides is 3. The second kappa shape index (κ2) is 3.40. The van der Waals surface area contributed by atoms with Crippen molar-refractivity contribution in [3.8, 4) is 0 Å². The van der Waals surface area contributed by atoms with E-state index in [9.17, 15) is 13.2 Å². The molecule has 0 unspecified atom stereocenters. The van der Waals surface area contributed by atoms with Gasteiger partial charge in [0.05, 0.1) is 0 Å². The number of aryl methyl sites for hydroxylation is 1. The van der Waals surface area contributed by atoms with Crippen molar-refractivity contribution in [2.24, 2.45) is 5.41 Å². The predicted octanol–water partition coefficient (Wildman–Crippen LogP) is 4.28. The Morgan fingerprint density at radius 1 is 1.31 bits per heavy atom. The van der Waals surface area contributed by atoms with Crippen molar-refractivity contribution in [1.29, 1.82) is 0 Å². The molecule has 4 heteroatoms.